The number of fused-ring (bicyclic) bond motifs is 2. The van der Waals surface area contributed by atoms with Crippen LogP contribution in [-0.2, 0) is 31.1 Å². The van der Waals surface area contributed by atoms with Crippen LogP contribution in [0.25, 0.3) is 0 Å². The summed E-state index contributed by atoms with van der Waals surface area (Å²) in [5.41, 5.74) is 5.65. The van der Waals surface area contributed by atoms with Crippen molar-refractivity contribution in [1.29, 1.82) is 0 Å². The number of carboxylic acids is 1. The molecule has 12 heteroatoms. The first-order valence-electron chi connectivity index (χ1n) is 14.0. The number of nitrogens with zero attached hydrogens (tertiary/aromatic N) is 2. The molecule has 0 saturated heterocycles. The average molecular weight is 632 g/mol. The standard InChI is InChI=1S/C31H38N2O8S2/c1-21-11-13-25-23(19-21)30(2,3)27(32(25)15-7-17-42(36,37)38)9-6-10-28-31(4,5)24-20-22(29(34)35)12-14-26(24)33(28)16-8-18-43(39,40)41/h6,9-14,19-20H,7-8,15-18H2,1-5H3,(H2-,34,35,36,37,38,39,40,41)/p+1. The third-order valence-electron chi connectivity index (χ3n) is 8.26. The molecule has 0 unspecified atom stereocenters. The number of hydrogen-bond acceptors (Lipinski definition) is 6. The number of anilines is 1. The maximum atomic E-state index is 11.7. The zero-order valence-electron chi connectivity index (χ0n) is 25.0. The molecule has 2 heterocycles. The van der Waals surface area contributed by atoms with Crippen LogP contribution < -0.4 is 4.90 Å². The zero-order chi connectivity index (χ0) is 32.0. The highest BCUT2D eigenvalue weighted by atomic mass is 32.2. The molecule has 2 aliphatic heterocycles. The summed E-state index contributed by atoms with van der Waals surface area (Å²) >= 11 is 0. The summed E-state index contributed by atoms with van der Waals surface area (Å²) in [5.74, 6) is -1.80. The fourth-order valence-corrected chi connectivity index (χ4v) is 7.11. The minimum atomic E-state index is -4.15. The van der Waals surface area contributed by atoms with Crippen LogP contribution in [0.5, 0.6) is 0 Å². The fraction of sp³-hybridized carbons (Fsp3) is 0.419. The SMILES string of the molecule is Cc1ccc2c(c1)C(C)(C)/C(=C\C=C\C1=[N+](CCCS(=O)(=O)O)c3ccc(C(=O)O)cc3C1(C)C)N2CCCS(=O)(=O)O. The summed E-state index contributed by atoms with van der Waals surface area (Å²) in [6, 6.07) is 11.0. The van der Waals surface area contributed by atoms with Gasteiger partial charge >= 0.3 is 5.97 Å². The summed E-state index contributed by atoms with van der Waals surface area (Å²) in [7, 11) is -8.25. The lowest BCUT2D eigenvalue weighted by molar-refractivity contribution is -0.437. The lowest BCUT2D eigenvalue weighted by Gasteiger charge is -2.27. The molecule has 4 rings (SSSR count). The second kappa shape index (κ2) is 11.6. The molecule has 3 N–H and O–H groups in total. The second-order valence-electron chi connectivity index (χ2n) is 12.2. The van der Waals surface area contributed by atoms with E-state index in [1.807, 2.05) is 55.7 Å². The van der Waals surface area contributed by atoms with Gasteiger partial charge in [-0.05, 0) is 57.0 Å². The van der Waals surface area contributed by atoms with Crippen molar-refractivity contribution in [2.45, 2.75) is 58.3 Å². The number of rotatable bonds is 11. The van der Waals surface area contributed by atoms with E-state index < -0.39 is 42.8 Å². The van der Waals surface area contributed by atoms with E-state index in [0.717, 1.165) is 39.5 Å². The molecule has 0 aromatic heterocycles. The van der Waals surface area contributed by atoms with E-state index in [-0.39, 0.29) is 30.7 Å². The first-order chi connectivity index (χ1) is 19.8. The highest BCUT2D eigenvalue weighted by molar-refractivity contribution is 7.86. The van der Waals surface area contributed by atoms with Crippen LogP contribution >= 0.6 is 0 Å². The van der Waals surface area contributed by atoms with Crippen molar-refractivity contribution in [3.05, 3.63) is 82.6 Å². The summed E-state index contributed by atoms with van der Waals surface area (Å²) in [6.07, 6.45) is 6.21. The maximum absolute atomic E-state index is 11.7. The Hall–Kier alpha value is -3.32. The molecule has 0 radical (unpaired) electrons. The van der Waals surface area contributed by atoms with Gasteiger partial charge in [-0.3, -0.25) is 9.11 Å². The van der Waals surface area contributed by atoms with Gasteiger partial charge in [0.2, 0.25) is 5.69 Å². The Morgan fingerprint density at radius 1 is 0.907 bits per heavy atom. The number of hydrogen-bond donors (Lipinski definition) is 3. The van der Waals surface area contributed by atoms with E-state index in [2.05, 4.69) is 24.8 Å². The van der Waals surface area contributed by atoms with E-state index >= 15 is 0 Å². The molecule has 10 nitrogen and oxygen atoms in total. The zero-order valence-corrected chi connectivity index (χ0v) is 26.7. The molecule has 2 aromatic rings. The fourth-order valence-electron chi connectivity index (χ4n) is 6.12. The molecule has 0 aliphatic carbocycles. The quantitative estimate of drug-likeness (QED) is 0.233. The molecule has 0 fully saturated rings. The van der Waals surface area contributed by atoms with Gasteiger partial charge in [0, 0.05) is 47.5 Å². The van der Waals surface area contributed by atoms with Crippen molar-refractivity contribution < 1.29 is 40.4 Å². The summed E-state index contributed by atoms with van der Waals surface area (Å²) in [4.78, 5) is 13.8. The minimum absolute atomic E-state index is 0.151. The van der Waals surface area contributed by atoms with Crippen molar-refractivity contribution in [3.8, 4) is 0 Å². The van der Waals surface area contributed by atoms with E-state index in [4.69, 9.17) is 0 Å². The molecule has 0 bridgehead atoms. The van der Waals surface area contributed by atoms with Crippen LogP contribution in [0.4, 0.5) is 11.4 Å². The van der Waals surface area contributed by atoms with E-state index in [1.54, 1.807) is 12.1 Å². The normalized spacial score (nSPS) is 18.5. The predicted molar refractivity (Wildman–Crippen MR) is 167 cm³/mol. The number of carboxylic acid groups (broad SMARTS) is 1. The Balaban J connectivity index is 1.77. The first kappa shape index (κ1) is 32.6. The van der Waals surface area contributed by atoms with Gasteiger partial charge in [0.15, 0.2) is 5.71 Å². The molecular formula is C31H39N2O8S2+. The van der Waals surface area contributed by atoms with Gasteiger partial charge < -0.3 is 10.0 Å². The van der Waals surface area contributed by atoms with Gasteiger partial charge in [-0.25, -0.2) is 4.79 Å². The number of benzene rings is 2. The maximum Gasteiger partial charge on any atom is 0.335 e. The molecular weight excluding hydrogens is 592 g/mol. The molecule has 2 aromatic carbocycles. The average Bonchev–Trinajstić information content (AvgIpc) is 3.21. The second-order valence-corrected chi connectivity index (χ2v) is 15.3. The molecule has 0 atom stereocenters. The van der Waals surface area contributed by atoms with Crippen molar-refractivity contribution >= 4 is 43.3 Å². The van der Waals surface area contributed by atoms with Crippen LogP contribution in [0.2, 0.25) is 0 Å². The van der Waals surface area contributed by atoms with Gasteiger partial charge in [-0.15, -0.1) is 0 Å². The molecule has 0 spiro atoms. The van der Waals surface area contributed by atoms with Crippen molar-refractivity contribution in [2.75, 3.05) is 29.5 Å². The predicted octanol–water partition coefficient (Wildman–Crippen LogP) is 4.86. The van der Waals surface area contributed by atoms with E-state index in [1.165, 1.54) is 6.07 Å². The Morgan fingerprint density at radius 2 is 1.56 bits per heavy atom. The van der Waals surface area contributed by atoms with Crippen LogP contribution in [0.1, 0.15) is 67.6 Å². The molecule has 0 amide bonds. The largest absolute Gasteiger partial charge is 0.478 e. The van der Waals surface area contributed by atoms with Crippen LogP contribution in [0, 0.1) is 6.92 Å². The Morgan fingerprint density at radius 3 is 2.19 bits per heavy atom. The lowest BCUT2D eigenvalue weighted by Crippen LogP contribution is -2.29. The Labute approximate surface area is 253 Å². The number of aromatic carboxylic acids is 1. The van der Waals surface area contributed by atoms with Crippen molar-refractivity contribution in [1.82, 2.24) is 0 Å². The van der Waals surface area contributed by atoms with Gasteiger partial charge in [0.1, 0.15) is 6.54 Å². The topological polar surface area (TPSA) is 152 Å². The molecule has 2 aliphatic rings. The molecule has 43 heavy (non-hydrogen) atoms. The highest BCUT2D eigenvalue weighted by Crippen LogP contribution is 2.48. The van der Waals surface area contributed by atoms with Crippen LogP contribution in [-0.4, -0.2) is 71.9 Å². The van der Waals surface area contributed by atoms with Crippen LogP contribution in [0.15, 0.2) is 60.3 Å². The minimum Gasteiger partial charge on any atom is -0.478 e. The highest BCUT2D eigenvalue weighted by Gasteiger charge is 2.45. The summed E-state index contributed by atoms with van der Waals surface area (Å²) in [5, 5.41) is 9.59. The smallest absolute Gasteiger partial charge is 0.335 e. The third kappa shape index (κ3) is 6.93. The number of allylic oxidation sites excluding steroid dienone is 4. The van der Waals surface area contributed by atoms with E-state index in [9.17, 15) is 35.8 Å². The number of carbonyl (C=O) groups is 1. The summed E-state index contributed by atoms with van der Waals surface area (Å²) < 4.78 is 66.2. The van der Waals surface area contributed by atoms with Gasteiger partial charge in [0.25, 0.3) is 20.2 Å². The Kier molecular flexibility index (Phi) is 8.82. The van der Waals surface area contributed by atoms with Crippen molar-refractivity contribution in [3.63, 3.8) is 0 Å². The third-order valence-corrected chi connectivity index (χ3v) is 9.87. The Bertz CT molecular complexity index is 1770. The monoisotopic (exact) mass is 631 g/mol. The number of aryl methyl sites for hydroxylation is 1. The van der Waals surface area contributed by atoms with Gasteiger partial charge in [0.05, 0.1) is 22.5 Å². The van der Waals surface area contributed by atoms with E-state index in [0.29, 0.717) is 6.54 Å². The van der Waals surface area contributed by atoms with Crippen LogP contribution in [0.3, 0.4) is 0 Å². The van der Waals surface area contributed by atoms with Gasteiger partial charge in [-0.1, -0.05) is 37.6 Å². The first-order valence-corrected chi connectivity index (χ1v) is 17.3. The lowest BCUT2D eigenvalue weighted by atomic mass is 9.80. The molecule has 0 saturated carbocycles. The van der Waals surface area contributed by atoms with Crippen molar-refractivity contribution in [2.24, 2.45) is 0 Å². The molecule has 232 valence electrons. The summed E-state index contributed by atoms with van der Waals surface area (Å²) in [6.45, 7) is 10.9. The van der Waals surface area contributed by atoms with Gasteiger partial charge in [-0.2, -0.15) is 21.4 Å².